The Balaban J connectivity index is 2.43. The molecule has 0 amide bonds. The fourth-order valence-corrected chi connectivity index (χ4v) is 1.34. The first-order valence-corrected chi connectivity index (χ1v) is 5.60. The third kappa shape index (κ3) is 4.87. The smallest absolute Gasteiger partial charge is 0.0622 e. The third-order valence-electron chi connectivity index (χ3n) is 2.16. The highest BCUT2D eigenvalue weighted by Crippen LogP contribution is 2.13. The van der Waals surface area contributed by atoms with E-state index in [1.807, 2.05) is 18.3 Å². The fourth-order valence-electron chi connectivity index (χ4n) is 1.34. The second-order valence-electron chi connectivity index (χ2n) is 4.85. The van der Waals surface area contributed by atoms with Gasteiger partial charge in [0.05, 0.1) is 11.2 Å². The molecule has 2 heteroatoms. The summed E-state index contributed by atoms with van der Waals surface area (Å²) >= 11 is 0. The van der Waals surface area contributed by atoms with Gasteiger partial charge in [0.25, 0.3) is 0 Å². The number of benzene rings is 1. The van der Waals surface area contributed by atoms with Crippen LogP contribution in [0.15, 0.2) is 34.3 Å². The molecule has 0 bridgehead atoms. The minimum absolute atomic E-state index is 0.0383. The monoisotopic (exact) mass is 216 g/mol. The normalized spacial score (nSPS) is 11.9. The molecular weight excluding hydrogens is 196 g/mol. The van der Waals surface area contributed by atoms with Crippen molar-refractivity contribution in [2.24, 2.45) is 9.98 Å². The van der Waals surface area contributed by atoms with Crippen LogP contribution in [0.1, 0.15) is 32.8 Å². The van der Waals surface area contributed by atoms with Crippen molar-refractivity contribution in [1.29, 1.82) is 0 Å². The van der Waals surface area contributed by atoms with Crippen molar-refractivity contribution in [2.75, 3.05) is 0 Å². The van der Waals surface area contributed by atoms with Crippen LogP contribution >= 0.6 is 0 Å². The van der Waals surface area contributed by atoms with E-state index in [1.165, 1.54) is 5.56 Å². The van der Waals surface area contributed by atoms with E-state index >= 15 is 0 Å². The molecule has 1 aromatic rings. The van der Waals surface area contributed by atoms with Gasteiger partial charge in [-0.25, -0.2) is 0 Å². The zero-order valence-electron chi connectivity index (χ0n) is 10.4. The average Bonchev–Trinajstić information content (AvgIpc) is 2.24. The summed E-state index contributed by atoms with van der Waals surface area (Å²) in [7, 11) is 0. The number of rotatable bonds is 4. The summed E-state index contributed by atoms with van der Waals surface area (Å²) in [6, 6.07) is 8.16. The Morgan fingerprint density at radius 2 is 1.81 bits per heavy atom. The molecule has 1 aromatic carbocycles. The van der Waals surface area contributed by atoms with Crippen molar-refractivity contribution in [2.45, 2.75) is 39.2 Å². The van der Waals surface area contributed by atoms with Crippen LogP contribution in [-0.2, 0) is 6.42 Å². The summed E-state index contributed by atoms with van der Waals surface area (Å²) < 4.78 is 0. The van der Waals surface area contributed by atoms with Gasteiger partial charge in [-0.2, -0.15) is 0 Å². The molecule has 1 rings (SSSR count). The molecule has 86 valence electrons. The molecule has 0 N–H and O–H groups in total. The fraction of sp³-hybridized carbons (Fsp3) is 0.429. The first-order chi connectivity index (χ1) is 7.51. The highest BCUT2D eigenvalue weighted by atomic mass is 14.8. The maximum absolute atomic E-state index is 4.45. The zero-order chi connectivity index (χ0) is 12.0. The Labute approximate surface area is 98.1 Å². The lowest BCUT2D eigenvalue weighted by atomic mass is 10.1. The maximum atomic E-state index is 4.45. The molecule has 0 spiro atoms. The average molecular weight is 216 g/mol. The van der Waals surface area contributed by atoms with E-state index in [-0.39, 0.29) is 5.54 Å². The van der Waals surface area contributed by atoms with E-state index in [1.54, 1.807) is 0 Å². The SMILES string of the molecule is C=Nc1ccc(CCC=NC(C)(C)C)cc1. The zero-order valence-corrected chi connectivity index (χ0v) is 10.4. The number of hydrogen-bond donors (Lipinski definition) is 0. The molecule has 0 saturated carbocycles. The first-order valence-electron chi connectivity index (χ1n) is 5.60. The quantitative estimate of drug-likeness (QED) is 0.683. The van der Waals surface area contributed by atoms with E-state index in [2.05, 4.69) is 49.6 Å². The largest absolute Gasteiger partial charge is 0.292 e. The van der Waals surface area contributed by atoms with Crippen molar-refractivity contribution in [3.8, 4) is 0 Å². The van der Waals surface area contributed by atoms with Crippen molar-refractivity contribution < 1.29 is 0 Å². The van der Waals surface area contributed by atoms with Crippen LogP contribution in [0.4, 0.5) is 5.69 Å². The van der Waals surface area contributed by atoms with Crippen molar-refractivity contribution in [3.05, 3.63) is 29.8 Å². The van der Waals surface area contributed by atoms with E-state index in [0.29, 0.717) is 0 Å². The Morgan fingerprint density at radius 1 is 1.19 bits per heavy atom. The topological polar surface area (TPSA) is 24.7 Å². The molecule has 0 saturated heterocycles. The van der Waals surface area contributed by atoms with Gasteiger partial charge in [0, 0.05) is 0 Å². The van der Waals surface area contributed by atoms with Crippen LogP contribution < -0.4 is 0 Å². The Morgan fingerprint density at radius 3 is 2.31 bits per heavy atom. The molecule has 0 aromatic heterocycles. The van der Waals surface area contributed by atoms with Gasteiger partial charge in [0.2, 0.25) is 0 Å². The minimum Gasteiger partial charge on any atom is -0.292 e. The molecule has 0 aliphatic carbocycles. The lowest BCUT2D eigenvalue weighted by molar-refractivity contribution is 0.584. The lowest BCUT2D eigenvalue weighted by Crippen LogP contribution is -2.09. The van der Waals surface area contributed by atoms with Crippen LogP contribution in [0, 0.1) is 0 Å². The van der Waals surface area contributed by atoms with Crippen LogP contribution in [-0.4, -0.2) is 18.5 Å². The molecule has 16 heavy (non-hydrogen) atoms. The number of aryl methyl sites for hydroxylation is 1. The van der Waals surface area contributed by atoms with Crippen LogP contribution in [0.3, 0.4) is 0 Å². The predicted molar refractivity (Wildman–Crippen MR) is 72.2 cm³/mol. The summed E-state index contributed by atoms with van der Waals surface area (Å²) in [6.07, 6.45) is 4.02. The van der Waals surface area contributed by atoms with Gasteiger partial charge in [0.15, 0.2) is 0 Å². The van der Waals surface area contributed by atoms with Gasteiger partial charge < -0.3 is 0 Å². The Hall–Kier alpha value is -1.44. The van der Waals surface area contributed by atoms with Crippen LogP contribution in [0.25, 0.3) is 0 Å². The van der Waals surface area contributed by atoms with E-state index in [0.717, 1.165) is 18.5 Å². The van der Waals surface area contributed by atoms with Crippen LogP contribution in [0.2, 0.25) is 0 Å². The van der Waals surface area contributed by atoms with Crippen LogP contribution in [0.5, 0.6) is 0 Å². The second-order valence-corrected chi connectivity index (χ2v) is 4.85. The van der Waals surface area contributed by atoms with E-state index in [9.17, 15) is 0 Å². The minimum atomic E-state index is 0.0383. The van der Waals surface area contributed by atoms with E-state index in [4.69, 9.17) is 0 Å². The third-order valence-corrected chi connectivity index (χ3v) is 2.16. The van der Waals surface area contributed by atoms with E-state index < -0.39 is 0 Å². The van der Waals surface area contributed by atoms with Gasteiger partial charge in [-0.05, 0) is 64.2 Å². The van der Waals surface area contributed by atoms with Gasteiger partial charge in [-0.3, -0.25) is 9.98 Å². The molecular formula is C14H20N2. The summed E-state index contributed by atoms with van der Waals surface area (Å²) in [4.78, 5) is 8.32. The Kier molecular flexibility index (Phi) is 4.41. The van der Waals surface area contributed by atoms with Crippen molar-refractivity contribution in [1.82, 2.24) is 0 Å². The summed E-state index contributed by atoms with van der Waals surface area (Å²) in [5, 5.41) is 0. The molecule has 0 aliphatic rings. The highest BCUT2D eigenvalue weighted by Gasteiger charge is 2.03. The second kappa shape index (κ2) is 5.59. The molecule has 0 heterocycles. The summed E-state index contributed by atoms with van der Waals surface area (Å²) in [5.41, 5.74) is 2.27. The Bertz CT molecular complexity index is 355. The predicted octanol–water partition coefficient (Wildman–Crippen LogP) is 3.82. The van der Waals surface area contributed by atoms with Gasteiger partial charge in [-0.15, -0.1) is 0 Å². The molecule has 0 radical (unpaired) electrons. The summed E-state index contributed by atoms with van der Waals surface area (Å²) in [6.45, 7) is 9.81. The lowest BCUT2D eigenvalue weighted by Gasteiger charge is -2.10. The first kappa shape index (κ1) is 12.6. The summed E-state index contributed by atoms with van der Waals surface area (Å²) in [5.74, 6) is 0. The van der Waals surface area contributed by atoms with Crippen molar-refractivity contribution in [3.63, 3.8) is 0 Å². The molecule has 0 aliphatic heterocycles. The standard InChI is InChI=1S/C14H20N2/c1-14(2,3)16-11-5-6-12-7-9-13(15-4)10-8-12/h7-11H,4-6H2,1-3H3. The molecule has 0 atom stereocenters. The van der Waals surface area contributed by atoms with Gasteiger partial charge in [0.1, 0.15) is 0 Å². The molecule has 0 fully saturated rings. The van der Waals surface area contributed by atoms with Gasteiger partial charge in [-0.1, -0.05) is 12.1 Å². The molecule has 0 unspecified atom stereocenters. The molecule has 2 nitrogen and oxygen atoms in total. The van der Waals surface area contributed by atoms with Gasteiger partial charge >= 0.3 is 0 Å². The highest BCUT2D eigenvalue weighted by molar-refractivity contribution is 5.58. The maximum Gasteiger partial charge on any atom is 0.0622 e. The number of hydrogen-bond acceptors (Lipinski definition) is 2. The van der Waals surface area contributed by atoms with Crippen molar-refractivity contribution >= 4 is 18.6 Å². The number of nitrogens with zero attached hydrogens (tertiary/aromatic N) is 2. The number of aliphatic imine (C=N–C) groups is 2.